The predicted octanol–water partition coefficient (Wildman–Crippen LogP) is 4.26. The number of allylic oxidation sites excluding steroid dienone is 5. The zero-order valence-electron chi connectivity index (χ0n) is 9.21. The van der Waals surface area contributed by atoms with E-state index in [0.29, 0.717) is 0 Å². The maximum Gasteiger partial charge on any atom is -0.0392 e. The number of hydrogen-bond acceptors (Lipinski definition) is 0. The van der Waals surface area contributed by atoms with Gasteiger partial charge in [-0.2, -0.15) is 0 Å². The van der Waals surface area contributed by atoms with Gasteiger partial charge in [0, 0.05) is 0 Å². The Hall–Kier alpha value is -0.780. The summed E-state index contributed by atoms with van der Waals surface area (Å²) in [5.41, 5.74) is 6.60. The maximum atomic E-state index is 3.94. The van der Waals surface area contributed by atoms with Crippen LogP contribution in [0.1, 0.15) is 41.5 Å². The first-order chi connectivity index (χ1) is 5.37. The molecule has 0 rings (SSSR count). The van der Waals surface area contributed by atoms with Crippen LogP contribution in [0.15, 0.2) is 34.4 Å². The van der Waals surface area contributed by atoms with E-state index < -0.39 is 0 Å². The Balaban J connectivity index is 5.06. The molecule has 0 atom stereocenters. The summed E-state index contributed by atoms with van der Waals surface area (Å²) in [5, 5.41) is 0. The van der Waals surface area contributed by atoms with Crippen LogP contribution in [-0.4, -0.2) is 0 Å². The summed E-state index contributed by atoms with van der Waals surface area (Å²) in [4.78, 5) is 0. The van der Waals surface area contributed by atoms with Crippen molar-refractivity contribution < 1.29 is 0 Å². The zero-order chi connectivity index (χ0) is 9.89. The quantitative estimate of drug-likeness (QED) is 0.535. The first-order valence-electron chi connectivity index (χ1n) is 4.35. The average molecular weight is 164 g/mol. The van der Waals surface area contributed by atoms with E-state index >= 15 is 0 Å². The second kappa shape index (κ2) is 4.30. The highest BCUT2D eigenvalue weighted by Crippen LogP contribution is 2.20. The van der Waals surface area contributed by atoms with Gasteiger partial charge in [0.05, 0.1) is 0 Å². The molecule has 0 fully saturated rings. The topological polar surface area (TPSA) is 0 Å². The fourth-order valence-electron chi connectivity index (χ4n) is 0.976. The van der Waals surface area contributed by atoms with Crippen molar-refractivity contribution in [2.75, 3.05) is 0 Å². The monoisotopic (exact) mass is 164 g/mol. The summed E-state index contributed by atoms with van der Waals surface area (Å²) in [7, 11) is 0. The fourth-order valence-corrected chi connectivity index (χ4v) is 0.976. The van der Waals surface area contributed by atoms with Crippen molar-refractivity contribution in [3.63, 3.8) is 0 Å². The van der Waals surface area contributed by atoms with E-state index in [2.05, 4.69) is 48.1 Å². The Bertz CT molecular complexity index is 245. The summed E-state index contributed by atoms with van der Waals surface area (Å²) in [5.74, 6) is 0. The molecule has 0 aromatic heterocycles. The summed E-state index contributed by atoms with van der Waals surface area (Å²) < 4.78 is 0. The van der Waals surface area contributed by atoms with Crippen LogP contribution in [0, 0.1) is 0 Å². The second-order valence-corrected chi connectivity index (χ2v) is 3.66. The molecule has 0 aliphatic carbocycles. The lowest BCUT2D eigenvalue weighted by Crippen LogP contribution is -1.89. The summed E-state index contributed by atoms with van der Waals surface area (Å²) in [6.07, 6.45) is 0. The third kappa shape index (κ3) is 2.69. The third-order valence-electron chi connectivity index (χ3n) is 2.52. The molecule has 0 spiro atoms. The molecule has 0 bridgehead atoms. The van der Waals surface area contributed by atoms with Crippen LogP contribution in [0.3, 0.4) is 0 Å². The minimum Gasteiger partial charge on any atom is -0.0958 e. The molecule has 0 aliphatic heterocycles. The van der Waals surface area contributed by atoms with Crippen LogP contribution in [0.5, 0.6) is 0 Å². The van der Waals surface area contributed by atoms with Crippen molar-refractivity contribution in [1.82, 2.24) is 0 Å². The standard InChI is InChI=1S/C12H20/c1-8(2)10(5)12(7)11(6)9(3)4/h1H2,2-7H3. The molecule has 68 valence electrons. The van der Waals surface area contributed by atoms with Crippen LogP contribution >= 0.6 is 0 Å². The number of hydrogen-bond donors (Lipinski definition) is 0. The van der Waals surface area contributed by atoms with Gasteiger partial charge in [-0.05, 0) is 58.3 Å². The largest absolute Gasteiger partial charge is 0.0958 e. The molecule has 0 heterocycles. The van der Waals surface area contributed by atoms with E-state index in [1.54, 1.807) is 0 Å². The highest BCUT2D eigenvalue weighted by atomic mass is 14.1. The average Bonchev–Trinajstić information content (AvgIpc) is 2.00. The van der Waals surface area contributed by atoms with Crippen molar-refractivity contribution >= 4 is 0 Å². The normalized spacial score (nSPS) is 12.2. The first kappa shape index (κ1) is 11.2. The van der Waals surface area contributed by atoms with Gasteiger partial charge in [-0.1, -0.05) is 17.7 Å². The van der Waals surface area contributed by atoms with Gasteiger partial charge in [0.25, 0.3) is 0 Å². The lowest BCUT2D eigenvalue weighted by Gasteiger charge is -2.09. The molecule has 0 aromatic carbocycles. The van der Waals surface area contributed by atoms with Gasteiger partial charge in [-0.25, -0.2) is 0 Å². The lowest BCUT2D eigenvalue weighted by atomic mass is 9.97. The predicted molar refractivity (Wildman–Crippen MR) is 57.2 cm³/mol. The zero-order valence-corrected chi connectivity index (χ0v) is 9.21. The Morgan fingerprint density at radius 1 is 0.667 bits per heavy atom. The maximum absolute atomic E-state index is 3.94. The highest BCUT2D eigenvalue weighted by molar-refractivity contribution is 5.41. The third-order valence-corrected chi connectivity index (χ3v) is 2.52. The Morgan fingerprint density at radius 3 is 1.33 bits per heavy atom. The number of rotatable bonds is 2. The molecule has 0 radical (unpaired) electrons. The minimum atomic E-state index is 1.16. The van der Waals surface area contributed by atoms with Gasteiger partial charge in [-0.3, -0.25) is 0 Å². The van der Waals surface area contributed by atoms with E-state index in [0.717, 1.165) is 5.57 Å². The second-order valence-electron chi connectivity index (χ2n) is 3.66. The molecule has 0 nitrogen and oxygen atoms in total. The molecular weight excluding hydrogens is 144 g/mol. The smallest absolute Gasteiger partial charge is 0.0392 e. The molecule has 0 N–H and O–H groups in total. The van der Waals surface area contributed by atoms with E-state index in [1.807, 2.05) is 0 Å². The van der Waals surface area contributed by atoms with Gasteiger partial charge < -0.3 is 0 Å². The van der Waals surface area contributed by atoms with E-state index in [4.69, 9.17) is 0 Å². The molecule has 0 saturated carbocycles. The van der Waals surface area contributed by atoms with Gasteiger partial charge in [0.2, 0.25) is 0 Å². The minimum absolute atomic E-state index is 1.16. The van der Waals surface area contributed by atoms with E-state index in [9.17, 15) is 0 Å². The lowest BCUT2D eigenvalue weighted by molar-refractivity contribution is 1.17. The van der Waals surface area contributed by atoms with Gasteiger partial charge in [0.15, 0.2) is 0 Å². The summed E-state index contributed by atoms with van der Waals surface area (Å²) in [6.45, 7) is 16.7. The van der Waals surface area contributed by atoms with Crippen molar-refractivity contribution in [3.05, 3.63) is 34.4 Å². The van der Waals surface area contributed by atoms with Gasteiger partial charge in [-0.15, -0.1) is 0 Å². The SMILES string of the molecule is C=C(C)C(C)=C(C)C(C)=C(C)C. The first-order valence-corrected chi connectivity index (χ1v) is 4.35. The van der Waals surface area contributed by atoms with E-state index in [1.165, 1.54) is 22.3 Å². The Morgan fingerprint density at radius 2 is 1.08 bits per heavy atom. The van der Waals surface area contributed by atoms with Crippen LogP contribution in [0.2, 0.25) is 0 Å². The molecule has 0 saturated heterocycles. The molecule has 0 heteroatoms. The van der Waals surface area contributed by atoms with Crippen LogP contribution in [0.25, 0.3) is 0 Å². The molecular formula is C12H20. The Kier molecular flexibility index (Phi) is 4.02. The molecule has 12 heavy (non-hydrogen) atoms. The van der Waals surface area contributed by atoms with Crippen molar-refractivity contribution in [1.29, 1.82) is 0 Å². The highest BCUT2D eigenvalue weighted by Gasteiger charge is 2.00. The van der Waals surface area contributed by atoms with Crippen molar-refractivity contribution in [3.8, 4) is 0 Å². The fraction of sp³-hybridized carbons (Fsp3) is 0.500. The Labute approximate surface area is 76.7 Å². The molecule has 0 unspecified atom stereocenters. The van der Waals surface area contributed by atoms with Gasteiger partial charge >= 0.3 is 0 Å². The summed E-state index contributed by atoms with van der Waals surface area (Å²) in [6, 6.07) is 0. The summed E-state index contributed by atoms with van der Waals surface area (Å²) >= 11 is 0. The van der Waals surface area contributed by atoms with Crippen molar-refractivity contribution in [2.24, 2.45) is 0 Å². The van der Waals surface area contributed by atoms with Crippen molar-refractivity contribution in [2.45, 2.75) is 41.5 Å². The molecule has 0 aliphatic rings. The van der Waals surface area contributed by atoms with Crippen LogP contribution in [0.4, 0.5) is 0 Å². The van der Waals surface area contributed by atoms with E-state index in [-0.39, 0.29) is 0 Å². The van der Waals surface area contributed by atoms with Gasteiger partial charge in [0.1, 0.15) is 0 Å². The molecule has 0 aromatic rings. The van der Waals surface area contributed by atoms with Crippen LogP contribution in [-0.2, 0) is 0 Å². The van der Waals surface area contributed by atoms with Crippen LogP contribution < -0.4 is 0 Å². The molecule has 0 amide bonds.